The molecule has 4 unspecified atom stereocenters. The molecule has 0 saturated carbocycles. The fourth-order valence-electron chi connectivity index (χ4n) is 3.19. The zero-order valence-corrected chi connectivity index (χ0v) is 13.6. The van der Waals surface area contributed by atoms with E-state index in [2.05, 4.69) is 36.0 Å². The Kier molecular flexibility index (Phi) is 4.62. The summed E-state index contributed by atoms with van der Waals surface area (Å²) < 4.78 is 5.73. The lowest BCUT2D eigenvalue weighted by molar-refractivity contribution is -0.132. The second-order valence-electron chi connectivity index (χ2n) is 6.11. The minimum absolute atomic E-state index is 0.00644. The van der Waals surface area contributed by atoms with Gasteiger partial charge in [0.2, 0.25) is 5.91 Å². The smallest absolute Gasteiger partial charge is 0.241 e. The first-order valence-corrected chi connectivity index (χ1v) is 8.85. The maximum atomic E-state index is 12.8. The van der Waals surface area contributed by atoms with Crippen LogP contribution in [0.2, 0.25) is 0 Å². The number of nitrogens with one attached hydrogen (secondary N) is 1. The van der Waals surface area contributed by atoms with Crippen LogP contribution in [-0.2, 0) is 9.53 Å². The molecule has 1 N–H and O–H groups in total. The molecule has 2 fully saturated rings. The zero-order valence-electron chi connectivity index (χ0n) is 12.7. The summed E-state index contributed by atoms with van der Waals surface area (Å²) in [4.78, 5) is 14.8. The summed E-state index contributed by atoms with van der Waals surface area (Å²) in [5, 5.41) is 7.75. The minimum Gasteiger partial charge on any atom is -0.376 e. The third kappa shape index (κ3) is 3.00. The molecule has 21 heavy (non-hydrogen) atoms. The maximum Gasteiger partial charge on any atom is 0.241 e. The summed E-state index contributed by atoms with van der Waals surface area (Å²) in [5.41, 5.74) is 1.19. The van der Waals surface area contributed by atoms with Crippen molar-refractivity contribution in [3.05, 3.63) is 22.4 Å². The average Bonchev–Trinajstić information content (AvgIpc) is 3.21. The van der Waals surface area contributed by atoms with Gasteiger partial charge in [-0.1, -0.05) is 20.3 Å². The molecule has 0 spiro atoms. The van der Waals surface area contributed by atoms with Gasteiger partial charge in [-0.25, -0.2) is 0 Å². The van der Waals surface area contributed by atoms with E-state index < -0.39 is 0 Å². The van der Waals surface area contributed by atoms with Crippen LogP contribution in [0, 0.1) is 5.92 Å². The van der Waals surface area contributed by atoms with E-state index in [-0.39, 0.29) is 24.2 Å². The molecule has 0 aromatic carbocycles. The highest BCUT2D eigenvalue weighted by Crippen LogP contribution is 2.31. The van der Waals surface area contributed by atoms with Crippen LogP contribution in [0.5, 0.6) is 0 Å². The van der Waals surface area contributed by atoms with Crippen molar-refractivity contribution in [3.8, 4) is 0 Å². The van der Waals surface area contributed by atoms with Crippen molar-refractivity contribution in [1.29, 1.82) is 0 Å². The summed E-state index contributed by atoms with van der Waals surface area (Å²) in [6.45, 7) is 5.83. The van der Waals surface area contributed by atoms with Crippen molar-refractivity contribution in [2.75, 3.05) is 13.2 Å². The predicted molar refractivity (Wildman–Crippen MR) is 84.1 cm³/mol. The molecule has 1 amide bonds. The predicted octanol–water partition coefficient (Wildman–Crippen LogP) is 2.77. The van der Waals surface area contributed by atoms with Crippen molar-refractivity contribution in [2.24, 2.45) is 5.92 Å². The van der Waals surface area contributed by atoms with Crippen molar-refractivity contribution >= 4 is 17.2 Å². The highest BCUT2D eigenvalue weighted by Gasteiger charge is 2.42. The quantitative estimate of drug-likeness (QED) is 0.909. The van der Waals surface area contributed by atoms with Gasteiger partial charge in [0.25, 0.3) is 0 Å². The lowest BCUT2D eigenvalue weighted by Gasteiger charge is -2.26. The van der Waals surface area contributed by atoms with Crippen molar-refractivity contribution in [3.63, 3.8) is 0 Å². The number of amides is 1. The van der Waals surface area contributed by atoms with Crippen LogP contribution in [0.4, 0.5) is 0 Å². The van der Waals surface area contributed by atoms with E-state index in [1.807, 2.05) is 4.90 Å². The number of nitrogens with zero attached hydrogens (tertiary/aromatic N) is 1. The molecule has 4 atom stereocenters. The molecule has 4 nitrogen and oxygen atoms in total. The Bertz CT molecular complexity index is 471. The normalized spacial score (nSPS) is 31.0. The number of carbonyl (C=O) groups excluding carboxylic acids is 1. The number of rotatable bonds is 5. The minimum atomic E-state index is -0.0682. The Balaban J connectivity index is 1.79. The fourth-order valence-corrected chi connectivity index (χ4v) is 3.87. The summed E-state index contributed by atoms with van der Waals surface area (Å²) in [5.74, 6) is 0.587. The Morgan fingerprint density at radius 2 is 2.43 bits per heavy atom. The first-order chi connectivity index (χ1) is 10.2. The molecule has 116 valence electrons. The molecule has 2 aliphatic heterocycles. The highest BCUT2D eigenvalue weighted by molar-refractivity contribution is 7.07. The molecule has 2 saturated heterocycles. The van der Waals surface area contributed by atoms with E-state index in [1.54, 1.807) is 11.3 Å². The van der Waals surface area contributed by atoms with Crippen molar-refractivity contribution < 1.29 is 9.53 Å². The molecular weight excluding hydrogens is 284 g/mol. The second kappa shape index (κ2) is 6.46. The summed E-state index contributed by atoms with van der Waals surface area (Å²) in [6, 6.07) is 2.04. The van der Waals surface area contributed by atoms with E-state index >= 15 is 0 Å². The molecule has 0 aliphatic carbocycles. The third-order valence-electron chi connectivity index (χ3n) is 4.69. The Hall–Kier alpha value is -0.910. The van der Waals surface area contributed by atoms with Gasteiger partial charge in [0.1, 0.15) is 6.17 Å². The van der Waals surface area contributed by atoms with Gasteiger partial charge in [0.15, 0.2) is 0 Å². The molecule has 0 bridgehead atoms. The third-order valence-corrected chi connectivity index (χ3v) is 5.40. The highest BCUT2D eigenvalue weighted by atomic mass is 32.1. The molecular formula is C16H24N2O2S. The van der Waals surface area contributed by atoms with Crippen LogP contribution in [-0.4, -0.2) is 36.1 Å². The van der Waals surface area contributed by atoms with Gasteiger partial charge < -0.3 is 9.64 Å². The molecule has 5 heteroatoms. The lowest BCUT2D eigenvalue weighted by Crippen LogP contribution is -2.38. The van der Waals surface area contributed by atoms with E-state index in [1.165, 1.54) is 5.56 Å². The Labute approximate surface area is 130 Å². The monoisotopic (exact) mass is 308 g/mol. The molecule has 3 rings (SSSR count). The van der Waals surface area contributed by atoms with Gasteiger partial charge in [-0.2, -0.15) is 11.3 Å². The standard InChI is InChI=1S/C16H24N2O2S/c1-3-11(2)14-16(19)18(9-13-5-4-7-20-13)15(17-14)12-6-8-21-10-12/h6,8,10-11,13-15,17H,3-5,7,9H2,1-2H3. The van der Waals surface area contributed by atoms with Crippen LogP contribution in [0.3, 0.4) is 0 Å². The largest absolute Gasteiger partial charge is 0.376 e. The van der Waals surface area contributed by atoms with Gasteiger partial charge in [0.05, 0.1) is 12.1 Å². The van der Waals surface area contributed by atoms with Crippen molar-refractivity contribution in [2.45, 2.75) is 51.4 Å². The van der Waals surface area contributed by atoms with E-state index in [0.29, 0.717) is 12.5 Å². The van der Waals surface area contributed by atoms with E-state index in [9.17, 15) is 4.79 Å². The first kappa shape index (κ1) is 15.0. The van der Waals surface area contributed by atoms with E-state index in [0.717, 1.165) is 25.9 Å². The van der Waals surface area contributed by atoms with E-state index in [4.69, 9.17) is 4.74 Å². The fraction of sp³-hybridized carbons (Fsp3) is 0.688. The first-order valence-electron chi connectivity index (χ1n) is 7.91. The number of hydrogen-bond acceptors (Lipinski definition) is 4. The molecule has 1 aromatic rings. The number of hydrogen-bond donors (Lipinski definition) is 1. The van der Waals surface area contributed by atoms with Gasteiger partial charge >= 0.3 is 0 Å². The molecule has 1 aromatic heterocycles. The second-order valence-corrected chi connectivity index (χ2v) is 6.89. The lowest BCUT2D eigenvalue weighted by atomic mass is 9.99. The van der Waals surface area contributed by atoms with Gasteiger partial charge in [-0.3, -0.25) is 10.1 Å². The molecule has 2 aliphatic rings. The van der Waals surface area contributed by atoms with Gasteiger partial charge in [-0.05, 0) is 41.1 Å². The summed E-state index contributed by atoms with van der Waals surface area (Å²) in [7, 11) is 0. The van der Waals surface area contributed by atoms with Crippen LogP contribution < -0.4 is 5.32 Å². The Morgan fingerprint density at radius 3 is 3.05 bits per heavy atom. The summed E-state index contributed by atoms with van der Waals surface area (Å²) in [6.07, 6.45) is 3.39. The summed E-state index contributed by atoms with van der Waals surface area (Å²) >= 11 is 1.68. The maximum absolute atomic E-state index is 12.8. The zero-order chi connectivity index (χ0) is 14.8. The van der Waals surface area contributed by atoms with Gasteiger partial charge in [0, 0.05) is 13.2 Å². The molecule has 3 heterocycles. The average molecular weight is 308 g/mol. The Morgan fingerprint density at radius 1 is 1.57 bits per heavy atom. The number of carbonyl (C=O) groups is 1. The SMILES string of the molecule is CCC(C)C1NC(c2ccsc2)N(CC2CCCO2)C1=O. The topological polar surface area (TPSA) is 41.6 Å². The number of ether oxygens (including phenoxy) is 1. The number of thiophene rings is 1. The van der Waals surface area contributed by atoms with Crippen LogP contribution >= 0.6 is 11.3 Å². The van der Waals surface area contributed by atoms with Crippen LogP contribution in [0.1, 0.15) is 44.8 Å². The van der Waals surface area contributed by atoms with Crippen LogP contribution in [0.25, 0.3) is 0 Å². The van der Waals surface area contributed by atoms with Gasteiger partial charge in [-0.15, -0.1) is 0 Å². The van der Waals surface area contributed by atoms with Crippen molar-refractivity contribution in [1.82, 2.24) is 10.2 Å². The molecule has 0 radical (unpaired) electrons. The van der Waals surface area contributed by atoms with Crippen LogP contribution in [0.15, 0.2) is 16.8 Å².